The topological polar surface area (TPSA) is 43.6 Å². The third-order valence-corrected chi connectivity index (χ3v) is 10.8. The zero-order valence-electron chi connectivity index (χ0n) is 22.7. The summed E-state index contributed by atoms with van der Waals surface area (Å²) in [5, 5.41) is 7.02. The Morgan fingerprint density at radius 2 is 1.16 bits per heavy atom. The van der Waals surface area contributed by atoms with Gasteiger partial charge in [0.2, 0.25) is 5.95 Å². The van der Waals surface area contributed by atoms with Crippen molar-refractivity contribution in [3.63, 3.8) is 0 Å². The molecule has 0 unspecified atom stereocenters. The number of hydrogen-bond acceptors (Lipinski definition) is 5. The monoisotopic (exact) mass is 584 g/mol. The first-order chi connectivity index (χ1) is 21.3. The Labute approximate surface area is 253 Å². The van der Waals surface area contributed by atoms with Gasteiger partial charge >= 0.3 is 0 Å². The first kappa shape index (κ1) is 23.4. The number of fused-ring (bicyclic) bond motifs is 12. The van der Waals surface area contributed by atoms with Crippen LogP contribution >= 0.6 is 22.7 Å². The van der Waals surface area contributed by atoms with Crippen LogP contribution in [-0.2, 0) is 0 Å². The Bertz CT molecular complexity index is 2730. The minimum absolute atomic E-state index is 0.671. The van der Waals surface area contributed by atoms with Crippen LogP contribution in [0.4, 0.5) is 0 Å². The van der Waals surface area contributed by atoms with Gasteiger partial charge in [0.1, 0.15) is 0 Å². The van der Waals surface area contributed by atoms with Gasteiger partial charge in [-0.3, -0.25) is 9.55 Å². The van der Waals surface area contributed by atoms with Crippen LogP contribution in [0, 0.1) is 0 Å². The van der Waals surface area contributed by atoms with E-state index in [4.69, 9.17) is 15.0 Å². The van der Waals surface area contributed by atoms with Crippen LogP contribution in [0.3, 0.4) is 0 Å². The van der Waals surface area contributed by atoms with Crippen LogP contribution in [0.25, 0.3) is 90.4 Å². The quantitative estimate of drug-likeness (QED) is 0.203. The van der Waals surface area contributed by atoms with Crippen molar-refractivity contribution in [2.45, 2.75) is 0 Å². The highest BCUT2D eigenvalue weighted by molar-refractivity contribution is 7.27. The molecule has 0 aliphatic heterocycles. The highest BCUT2D eigenvalue weighted by Gasteiger charge is 2.22. The van der Waals surface area contributed by atoms with E-state index in [-0.39, 0.29) is 0 Å². The summed E-state index contributed by atoms with van der Waals surface area (Å²) in [6.07, 6.45) is 2.04. The lowest BCUT2D eigenvalue weighted by atomic mass is 10.1. The molecule has 10 rings (SSSR count). The van der Waals surface area contributed by atoms with E-state index in [0.29, 0.717) is 5.95 Å². The van der Waals surface area contributed by atoms with Gasteiger partial charge < -0.3 is 0 Å². The molecule has 0 atom stereocenters. The van der Waals surface area contributed by atoms with E-state index >= 15 is 0 Å². The Kier molecular flexibility index (Phi) is 4.72. The fourth-order valence-electron chi connectivity index (χ4n) is 6.56. The van der Waals surface area contributed by atoms with Crippen molar-refractivity contribution in [1.82, 2.24) is 19.5 Å². The first-order valence-corrected chi connectivity index (χ1v) is 15.8. The van der Waals surface area contributed by atoms with Crippen LogP contribution in [0.15, 0.2) is 121 Å². The summed E-state index contributed by atoms with van der Waals surface area (Å²) in [5.41, 5.74) is 6.20. The molecule has 0 bridgehead atoms. The van der Waals surface area contributed by atoms with Crippen molar-refractivity contribution >= 4 is 95.9 Å². The predicted octanol–water partition coefficient (Wildman–Crippen LogP) is 10.5. The van der Waals surface area contributed by atoms with E-state index in [2.05, 4.69) is 120 Å². The average molecular weight is 585 g/mol. The molecule has 0 saturated carbocycles. The minimum atomic E-state index is 0.671. The van der Waals surface area contributed by atoms with E-state index in [1.54, 1.807) is 11.3 Å². The van der Waals surface area contributed by atoms with Gasteiger partial charge in [0.05, 0.1) is 37.2 Å². The summed E-state index contributed by atoms with van der Waals surface area (Å²) < 4.78 is 7.06. The lowest BCUT2D eigenvalue weighted by Gasteiger charge is -2.11. The summed E-state index contributed by atoms with van der Waals surface area (Å²) in [6, 6.07) is 40.6. The molecule has 0 saturated heterocycles. The maximum absolute atomic E-state index is 5.36. The second-order valence-electron chi connectivity index (χ2n) is 10.8. The third kappa shape index (κ3) is 3.22. The summed E-state index contributed by atoms with van der Waals surface area (Å²) >= 11 is 3.57. The fourth-order valence-corrected chi connectivity index (χ4v) is 8.92. The Hall–Kier alpha value is -5.17. The molecule has 10 aromatic rings. The van der Waals surface area contributed by atoms with E-state index in [9.17, 15) is 0 Å². The average Bonchev–Trinajstić information content (AvgIpc) is 3.74. The highest BCUT2D eigenvalue weighted by atomic mass is 32.1. The lowest BCUT2D eigenvalue weighted by Crippen LogP contribution is -2.03. The molecule has 4 nitrogen and oxygen atoms in total. The van der Waals surface area contributed by atoms with Gasteiger partial charge in [-0.05, 0) is 24.3 Å². The summed E-state index contributed by atoms with van der Waals surface area (Å²) in [7, 11) is 0. The minimum Gasteiger partial charge on any atom is -0.277 e. The molecule has 0 spiro atoms. The van der Waals surface area contributed by atoms with E-state index < -0.39 is 0 Å². The summed E-state index contributed by atoms with van der Waals surface area (Å²) in [5.74, 6) is 0.671. The molecular weight excluding hydrogens is 565 g/mol. The van der Waals surface area contributed by atoms with Gasteiger partial charge in [0.15, 0.2) is 0 Å². The standard InChI is InChI=1S/C37H20N4S2/c1-2-10-21(11-3-1)31-36-33(25-14-6-9-17-30(25)43-36)40-37(39-31)41-28-15-7-4-12-22(28)27-20-38-32-26(34(27)41)19-18-24-23-13-5-8-16-29(23)42-35(24)32/h1-20H. The molecule has 0 aliphatic rings. The Balaban J connectivity index is 1.39. The Morgan fingerprint density at radius 3 is 2.02 bits per heavy atom. The van der Waals surface area contributed by atoms with Crippen molar-refractivity contribution in [2.24, 2.45) is 0 Å². The third-order valence-electron chi connectivity index (χ3n) is 8.47. The number of thiophene rings is 2. The highest BCUT2D eigenvalue weighted by Crippen LogP contribution is 2.43. The van der Waals surface area contributed by atoms with Gasteiger partial charge in [0, 0.05) is 53.5 Å². The molecule has 0 fully saturated rings. The maximum atomic E-state index is 5.36. The molecular formula is C37H20N4S2. The summed E-state index contributed by atoms with van der Waals surface area (Å²) in [6.45, 7) is 0. The van der Waals surface area contributed by atoms with Crippen LogP contribution in [0.1, 0.15) is 0 Å². The molecule has 5 aromatic heterocycles. The second kappa shape index (κ2) is 8.67. The van der Waals surface area contributed by atoms with Crippen molar-refractivity contribution in [3.05, 3.63) is 121 Å². The SMILES string of the molecule is c1ccc(-c2nc(-n3c4ccccc4c4cnc5c(ccc6c7ccccc7sc65)c43)nc3c2sc2ccccc23)cc1. The zero-order valence-corrected chi connectivity index (χ0v) is 24.3. The molecule has 200 valence electrons. The van der Waals surface area contributed by atoms with Crippen LogP contribution in [-0.4, -0.2) is 19.5 Å². The van der Waals surface area contributed by atoms with Crippen molar-refractivity contribution in [1.29, 1.82) is 0 Å². The second-order valence-corrected chi connectivity index (χ2v) is 12.9. The molecule has 0 aliphatic carbocycles. The van der Waals surface area contributed by atoms with Gasteiger partial charge in [-0.1, -0.05) is 91.0 Å². The van der Waals surface area contributed by atoms with E-state index in [1.807, 2.05) is 17.5 Å². The molecule has 0 N–H and O–H groups in total. The predicted molar refractivity (Wildman–Crippen MR) is 183 cm³/mol. The van der Waals surface area contributed by atoms with Crippen molar-refractivity contribution in [3.8, 4) is 17.2 Å². The summed E-state index contributed by atoms with van der Waals surface area (Å²) in [4.78, 5) is 15.8. The van der Waals surface area contributed by atoms with Crippen LogP contribution < -0.4 is 0 Å². The van der Waals surface area contributed by atoms with E-state index in [0.717, 1.165) is 59.6 Å². The van der Waals surface area contributed by atoms with Gasteiger partial charge in [-0.15, -0.1) is 22.7 Å². The molecule has 0 amide bonds. The number of benzene rings is 5. The molecule has 0 radical (unpaired) electrons. The number of rotatable bonds is 2. The van der Waals surface area contributed by atoms with E-state index in [1.165, 1.54) is 24.9 Å². The van der Waals surface area contributed by atoms with Crippen molar-refractivity contribution < 1.29 is 0 Å². The van der Waals surface area contributed by atoms with Gasteiger partial charge in [-0.25, -0.2) is 9.97 Å². The van der Waals surface area contributed by atoms with Gasteiger partial charge in [-0.2, -0.15) is 0 Å². The largest absolute Gasteiger partial charge is 0.277 e. The normalized spacial score (nSPS) is 12.2. The maximum Gasteiger partial charge on any atom is 0.235 e. The van der Waals surface area contributed by atoms with Crippen molar-refractivity contribution in [2.75, 3.05) is 0 Å². The molecule has 5 aromatic carbocycles. The first-order valence-electron chi connectivity index (χ1n) is 14.2. The molecule has 6 heteroatoms. The Morgan fingerprint density at radius 1 is 0.488 bits per heavy atom. The number of hydrogen-bond donors (Lipinski definition) is 0. The van der Waals surface area contributed by atoms with Gasteiger partial charge in [0.25, 0.3) is 0 Å². The molecule has 5 heterocycles. The smallest absolute Gasteiger partial charge is 0.235 e. The molecule has 43 heavy (non-hydrogen) atoms. The number of aromatic nitrogens is 4. The number of nitrogens with zero attached hydrogens (tertiary/aromatic N) is 4. The number of para-hydroxylation sites is 1. The zero-order chi connectivity index (χ0) is 28.1. The van der Waals surface area contributed by atoms with Crippen LogP contribution in [0.5, 0.6) is 0 Å². The fraction of sp³-hybridized carbons (Fsp3) is 0. The van der Waals surface area contributed by atoms with Crippen LogP contribution in [0.2, 0.25) is 0 Å². The number of pyridine rings is 1. The lowest BCUT2D eigenvalue weighted by molar-refractivity contribution is 1.02.